The highest BCUT2D eigenvalue weighted by atomic mass is 32.2. The summed E-state index contributed by atoms with van der Waals surface area (Å²) >= 11 is 0. The summed E-state index contributed by atoms with van der Waals surface area (Å²) in [5.41, 5.74) is 2.35. The second-order valence-corrected chi connectivity index (χ2v) is 9.85. The fourth-order valence-electron chi connectivity index (χ4n) is 4.46. The first kappa shape index (κ1) is 23.2. The molecule has 0 radical (unpaired) electrons. The van der Waals surface area contributed by atoms with E-state index < -0.39 is 28.3 Å². The van der Waals surface area contributed by atoms with E-state index in [2.05, 4.69) is 10.8 Å². The van der Waals surface area contributed by atoms with Crippen LogP contribution < -0.4 is 13.9 Å². The van der Waals surface area contributed by atoms with Crippen molar-refractivity contribution in [3.63, 3.8) is 0 Å². The zero-order valence-electron chi connectivity index (χ0n) is 17.7. The van der Waals surface area contributed by atoms with Gasteiger partial charge in [0.25, 0.3) is 0 Å². The molecule has 2 heterocycles. The minimum Gasteiger partial charge on any atom is -0.406 e. The van der Waals surface area contributed by atoms with Gasteiger partial charge in [-0.25, -0.2) is 8.42 Å². The van der Waals surface area contributed by atoms with Crippen LogP contribution in [0.3, 0.4) is 0 Å². The highest BCUT2D eigenvalue weighted by Gasteiger charge is 2.41. The van der Waals surface area contributed by atoms with E-state index in [0.717, 1.165) is 5.56 Å². The number of hydrogen-bond donors (Lipinski definition) is 0. The molecule has 1 saturated heterocycles. The van der Waals surface area contributed by atoms with Crippen LogP contribution in [-0.2, 0) is 14.8 Å². The van der Waals surface area contributed by atoms with Crippen molar-refractivity contribution in [2.45, 2.75) is 24.7 Å². The molecule has 0 aromatic heterocycles. The molecule has 0 aliphatic carbocycles. The molecule has 0 saturated carbocycles. The molecule has 4 rings (SSSR count). The van der Waals surface area contributed by atoms with Crippen LogP contribution in [0.15, 0.2) is 42.5 Å². The number of ether oxygens (including phenoxy) is 2. The Hall–Kier alpha value is -2.97. The van der Waals surface area contributed by atoms with Crippen LogP contribution in [0.4, 0.5) is 24.5 Å². The Morgan fingerprint density at radius 3 is 2.48 bits per heavy atom. The van der Waals surface area contributed by atoms with Crippen molar-refractivity contribution in [2.24, 2.45) is 0 Å². The van der Waals surface area contributed by atoms with E-state index in [1.807, 2.05) is 4.90 Å². The Balaban J connectivity index is 1.70. The van der Waals surface area contributed by atoms with Gasteiger partial charge in [0, 0.05) is 32.0 Å². The summed E-state index contributed by atoms with van der Waals surface area (Å²) in [5, 5.41) is 9.93. The second kappa shape index (κ2) is 8.76. The zero-order chi connectivity index (χ0) is 23.8. The number of fused-ring (bicyclic) bond motifs is 1. The predicted molar refractivity (Wildman–Crippen MR) is 116 cm³/mol. The van der Waals surface area contributed by atoms with Crippen LogP contribution in [0.25, 0.3) is 0 Å². The van der Waals surface area contributed by atoms with Crippen molar-refractivity contribution < 1.29 is 31.1 Å². The molecule has 2 aliphatic heterocycles. The molecule has 7 nitrogen and oxygen atoms in total. The molecule has 176 valence electrons. The van der Waals surface area contributed by atoms with Crippen molar-refractivity contribution in [2.75, 3.05) is 41.8 Å². The molecule has 2 atom stereocenters. The first-order valence-corrected chi connectivity index (χ1v) is 11.9. The lowest BCUT2D eigenvalue weighted by atomic mass is 9.91. The van der Waals surface area contributed by atoms with Crippen molar-refractivity contribution in [3.05, 3.63) is 53.6 Å². The summed E-state index contributed by atoms with van der Waals surface area (Å²) in [6.45, 7) is 1.05. The van der Waals surface area contributed by atoms with Gasteiger partial charge in [0.2, 0.25) is 10.0 Å². The van der Waals surface area contributed by atoms with Crippen LogP contribution in [0, 0.1) is 11.3 Å². The van der Waals surface area contributed by atoms with Crippen molar-refractivity contribution in [1.29, 1.82) is 5.26 Å². The summed E-state index contributed by atoms with van der Waals surface area (Å²) in [5.74, 6) is -0.898. The van der Waals surface area contributed by atoms with Gasteiger partial charge in [-0.1, -0.05) is 18.2 Å². The maximum atomic E-state index is 12.7. The number of alkyl halides is 3. The van der Waals surface area contributed by atoms with Gasteiger partial charge in [0.05, 0.1) is 36.1 Å². The minimum absolute atomic E-state index is 0.107. The molecule has 2 unspecified atom stereocenters. The third kappa shape index (κ3) is 4.58. The SMILES string of the molecule is COCCN1c2cc(OC(F)(F)F)ccc2C(C#N)C1c1ccc(N2CCCS2(=O)=O)cc1. The molecular weight excluding hydrogens is 459 g/mol. The normalized spacial score (nSPS) is 21.7. The molecule has 0 bridgehead atoms. The molecule has 11 heteroatoms. The molecule has 1 fully saturated rings. The smallest absolute Gasteiger partial charge is 0.406 e. The number of rotatable bonds is 6. The summed E-state index contributed by atoms with van der Waals surface area (Å²) < 4.78 is 73.3. The Kier molecular flexibility index (Phi) is 6.16. The Morgan fingerprint density at radius 2 is 1.91 bits per heavy atom. The third-order valence-electron chi connectivity index (χ3n) is 5.83. The number of sulfonamides is 1. The van der Waals surface area contributed by atoms with Gasteiger partial charge in [0.15, 0.2) is 0 Å². The average molecular weight is 481 g/mol. The van der Waals surface area contributed by atoms with Crippen molar-refractivity contribution in [1.82, 2.24) is 0 Å². The van der Waals surface area contributed by atoms with Crippen LogP contribution in [0.1, 0.15) is 29.5 Å². The Bertz CT molecular complexity index is 1160. The molecule has 2 aliphatic rings. The fraction of sp³-hybridized carbons (Fsp3) is 0.409. The molecule has 0 spiro atoms. The van der Waals surface area contributed by atoms with Gasteiger partial charge in [-0.05, 0) is 35.7 Å². The van der Waals surface area contributed by atoms with E-state index in [1.165, 1.54) is 29.6 Å². The van der Waals surface area contributed by atoms with E-state index in [0.29, 0.717) is 43.1 Å². The van der Waals surface area contributed by atoms with Crippen LogP contribution in [-0.4, -0.2) is 47.3 Å². The number of methoxy groups -OCH3 is 1. The molecule has 2 aromatic rings. The quantitative estimate of drug-likeness (QED) is 0.622. The van der Waals surface area contributed by atoms with Crippen LogP contribution >= 0.6 is 0 Å². The van der Waals surface area contributed by atoms with Gasteiger partial charge < -0.3 is 14.4 Å². The lowest BCUT2D eigenvalue weighted by Crippen LogP contribution is -2.30. The molecule has 33 heavy (non-hydrogen) atoms. The van der Waals surface area contributed by atoms with Gasteiger partial charge in [-0.2, -0.15) is 5.26 Å². The van der Waals surface area contributed by atoms with Gasteiger partial charge in [0.1, 0.15) is 5.75 Å². The van der Waals surface area contributed by atoms with Gasteiger partial charge in [-0.15, -0.1) is 13.2 Å². The summed E-state index contributed by atoms with van der Waals surface area (Å²) in [7, 11) is -1.81. The molecule has 0 N–H and O–H groups in total. The summed E-state index contributed by atoms with van der Waals surface area (Å²) in [6, 6.07) is 12.7. The summed E-state index contributed by atoms with van der Waals surface area (Å²) in [6.07, 6.45) is -4.27. The number of nitriles is 1. The highest BCUT2D eigenvalue weighted by molar-refractivity contribution is 7.93. The van der Waals surface area contributed by atoms with E-state index in [4.69, 9.17) is 4.74 Å². The number of nitrogens with zero attached hydrogens (tertiary/aromatic N) is 3. The second-order valence-electron chi connectivity index (χ2n) is 7.84. The topological polar surface area (TPSA) is 82.9 Å². The van der Waals surface area contributed by atoms with Crippen molar-refractivity contribution >= 4 is 21.4 Å². The van der Waals surface area contributed by atoms with Crippen LogP contribution in [0.2, 0.25) is 0 Å². The number of anilines is 2. The van der Waals surface area contributed by atoms with E-state index in [9.17, 15) is 26.9 Å². The highest BCUT2D eigenvalue weighted by Crippen LogP contribution is 2.50. The lowest BCUT2D eigenvalue weighted by molar-refractivity contribution is -0.274. The van der Waals surface area contributed by atoms with Crippen LogP contribution in [0.5, 0.6) is 5.75 Å². The van der Waals surface area contributed by atoms with Crippen molar-refractivity contribution in [3.8, 4) is 11.8 Å². The maximum Gasteiger partial charge on any atom is 0.573 e. The lowest BCUT2D eigenvalue weighted by Gasteiger charge is -2.29. The first-order valence-electron chi connectivity index (χ1n) is 10.3. The average Bonchev–Trinajstić information content (AvgIpc) is 3.27. The monoisotopic (exact) mass is 481 g/mol. The molecule has 0 amide bonds. The van der Waals surface area contributed by atoms with E-state index >= 15 is 0 Å². The maximum absolute atomic E-state index is 12.7. The fourth-order valence-corrected chi connectivity index (χ4v) is 6.03. The summed E-state index contributed by atoms with van der Waals surface area (Å²) in [4.78, 5) is 1.83. The standard InChI is InChI=1S/C22H22F3N3O4S/c1-31-11-10-27-20-13-17(32-22(23,24)25)7-8-18(20)19(14-26)21(27)15-3-5-16(6-4-15)28-9-2-12-33(28,29)30/h3-8,13,19,21H,2,9-12H2,1H3. The molecule has 2 aromatic carbocycles. The van der Waals surface area contributed by atoms with E-state index in [1.54, 1.807) is 24.3 Å². The first-order chi connectivity index (χ1) is 15.6. The molecular formula is C22H22F3N3O4S. The Labute approximate surface area is 190 Å². The van der Waals surface area contributed by atoms with Gasteiger partial charge >= 0.3 is 6.36 Å². The number of benzene rings is 2. The predicted octanol–water partition coefficient (Wildman–Crippen LogP) is 3.94. The largest absolute Gasteiger partial charge is 0.573 e. The number of hydrogen-bond acceptors (Lipinski definition) is 6. The third-order valence-corrected chi connectivity index (χ3v) is 7.70. The zero-order valence-corrected chi connectivity index (χ0v) is 18.6. The number of halogens is 3. The Morgan fingerprint density at radius 1 is 1.18 bits per heavy atom. The minimum atomic E-state index is -4.83. The van der Waals surface area contributed by atoms with Gasteiger partial charge in [-0.3, -0.25) is 4.31 Å². The van der Waals surface area contributed by atoms with E-state index in [-0.39, 0.29) is 11.5 Å².